The van der Waals surface area contributed by atoms with Gasteiger partial charge in [0.25, 0.3) is 0 Å². The second kappa shape index (κ2) is 8.44. The van der Waals surface area contributed by atoms with Crippen LogP contribution < -0.4 is 4.74 Å². The number of carboxylic acid groups (broad SMARTS) is 1. The number of aliphatic carboxylic acids is 1. The summed E-state index contributed by atoms with van der Waals surface area (Å²) in [5, 5.41) is 8.62. The van der Waals surface area contributed by atoms with E-state index in [-0.39, 0.29) is 6.10 Å². The molecule has 0 heterocycles. The second-order valence-electron chi connectivity index (χ2n) is 4.20. The van der Waals surface area contributed by atoms with Crippen LogP contribution in [-0.4, -0.2) is 30.9 Å². The molecule has 20 heavy (non-hydrogen) atoms. The van der Waals surface area contributed by atoms with Gasteiger partial charge in [-0.05, 0) is 62.6 Å². The molecule has 4 nitrogen and oxygen atoms in total. The zero-order valence-electron chi connectivity index (χ0n) is 11.2. The van der Waals surface area contributed by atoms with Gasteiger partial charge in [-0.1, -0.05) is 0 Å². The number of benzene rings is 1. The van der Waals surface area contributed by atoms with Gasteiger partial charge in [-0.15, -0.1) is 0 Å². The molecule has 0 aliphatic heterocycles. The molecule has 1 unspecified atom stereocenters. The molecular weight excluding hydrogens is 392 g/mol. The van der Waals surface area contributed by atoms with E-state index in [0.29, 0.717) is 12.4 Å². The Morgan fingerprint density at radius 2 is 2.00 bits per heavy atom. The second-order valence-corrected chi connectivity index (χ2v) is 5.90. The lowest BCUT2D eigenvalue weighted by atomic mass is 10.2. The van der Waals surface area contributed by atoms with Gasteiger partial charge in [-0.2, -0.15) is 0 Å². The molecule has 0 aliphatic carbocycles. The fraction of sp³-hybridized carbons (Fsp3) is 0.357. The van der Waals surface area contributed by atoms with Crippen LogP contribution in [0.3, 0.4) is 0 Å². The highest BCUT2D eigenvalue weighted by molar-refractivity contribution is 9.11. The minimum atomic E-state index is -0.981. The van der Waals surface area contributed by atoms with Crippen LogP contribution >= 0.6 is 31.9 Å². The zero-order valence-corrected chi connectivity index (χ0v) is 14.4. The largest absolute Gasteiger partial charge is 0.488 e. The highest BCUT2D eigenvalue weighted by Crippen LogP contribution is 2.36. The van der Waals surface area contributed by atoms with E-state index in [1.807, 2.05) is 19.1 Å². The van der Waals surface area contributed by atoms with Crippen molar-refractivity contribution in [1.29, 1.82) is 0 Å². The number of ether oxygens (including phenoxy) is 2. The Hall–Kier alpha value is -0.850. The van der Waals surface area contributed by atoms with Gasteiger partial charge in [0.2, 0.25) is 0 Å². The molecule has 0 saturated carbocycles. The molecule has 110 valence electrons. The molecule has 0 bridgehead atoms. The van der Waals surface area contributed by atoms with Gasteiger partial charge in [0.1, 0.15) is 5.75 Å². The molecule has 1 aromatic carbocycles. The standard InChI is InChI=1S/C14H16Br2O4/c1-9(5-6-19-2)20-14-11(15)7-10(8-12(14)16)3-4-13(17)18/h3-4,7-9H,5-6H2,1-2H3,(H,17,18)/b4-3+. The van der Waals surface area contributed by atoms with E-state index in [2.05, 4.69) is 31.9 Å². The highest BCUT2D eigenvalue weighted by Gasteiger charge is 2.12. The maximum Gasteiger partial charge on any atom is 0.328 e. The van der Waals surface area contributed by atoms with Gasteiger partial charge in [-0.25, -0.2) is 4.79 Å². The fourth-order valence-electron chi connectivity index (χ4n) is 1.50. The lowest BCUT2D eigenvalue weighted by molar-refractivity contribution is -0.131. The van der Waals surface area contributed by atoms with E-state index in [0.717, 1.165) is 27.0 Å². The Labute approximate surface area is 135 Å². The first kappa shape index (κ1) is 17.2. The topological polar surface area (TPSA) is 55.8 Å². The van der Waals surface area contributed by atoms with Crippen LogP contribution in [0.1, 0.15) is 18.9 Å². The zero-order chi connectivity index (χ0) is 15.1. The Balaban J connectivity index is 2.86. The number of methoxy groups -OCH3 is 1. The van der Waals surface area contributed by atoms with Gasteiger partial charge < -0.3 is 14.6 Å². The van der Waals surface area contributed by atoms with E-state index in [9.17, 15) is 4.79 Å². The Bertz CT molecular complexity index is 477. The average Bonchev–Trinajstić information content (AvgIpc) is 2.38. The van der Waals surface area contributed by atoms with Crippen LogP contribution in [0.2, 0.25) is 0 Å². The monoisotopic (exact) mass is 406 g/mol. The summed E-state index contributed by atoms with van der Waals surface area (Å²) in [7, 11) is 1.65. The molecule has 1 aromatic rings. The van der Waals surface area contributed by atoms with Crippen molar-refractivity contribution in [3.05, 3.63) is 32.7 Å². The Morgan fingerprint density at radius 1 is 1.40 bits per heavy atom. The summed E-state index contributed by atoms with van der Waals surface area (Å²) in [4.78, 5) is 10.5. The first-order valence-electron chi connectivity index (χ1n) is 5.99. The molecule has 1 N–H and O–H groups in total. The molecule has 6 heteroatoms. The first-order valence-corrected chi connectivity index (χ1v) is 7.58. The van der Waals surface area contributed by atoms with Gasteiger partial charge in [-0.3, -0.25) is 0 Å². The number of hydrogen-bond donors (Lipinski definition) is 1. The number of carboxylic acids is 1. The van der Waals surface area contributed by atoms with E-state index in [1.54, 1.807) is 7.11 Å². The van der Waals surface area contributed by atoms with Gasteiger partial charge >= 0.3 is 5.97 Å². The minimum absolute atomic E-state index is 0.0166. The third kappa shape index (κ3) is 5.64. The van der Waals surface area contributed by atoms with E-state index >= 15 is 0 Å². The summed E-state index contributed by atoms with van der Waals surface area (Å²) >= 11 is 6.87. The molecule has 1 atom stereocenters. The van der Waals surface area contributed by atoms with E-state index < -0.39 is 5.97 Å². The number of carbonyl (C=O) groups is 1. The third-order valence-corrected chi connectivity index (χ3v) is 3.66. The molecule has 0 aromatic heterocycles. The van der Waals surface area contributed by atoms with Crippen molar-refractivity contribution in [1.82, 2.24) is 0 Å². The van der Waals surface area contributed by atoms with Gasteiger partial charge in [0, 0.05) is 26.2 Å². The van der Waals surface area contributed by atoms with Crippen molar-refractivity contribution in [3.63, 3.8) is 0 Å². The van der Waals surface area contributed by atoms with Crippen LogP contribution in [0.25, 0.3) is 6.08 Å². The van der Waals surface area contributed by atoms with Crippen LogP contribution in [-0.2, 0) is 9.53 Å². The van der Waals surface area contributed by atoms with Crippen LogP contribution in [0, 0.1) is 0 Å². The quantitative estimate of drug-likeness (QED) is 0.691. The Kier molecular flexibility index (Phi) is 7.26. The predicted octanol–water partition coefficient (Wildman–Crippen LogP) is 4.11. The molecule has 0 fully saturated rings. The third-order valence-electron chi connectivity index (χ3n) is 2.49. The average molecular weight is 408 g/mol. The summed E-state index contributed by atoms with van der Waals surface area (Å²) in [6.07, 6.45) is 3.42. The van der Waals surface area contributed by atoms with Crippen LogP contribution in [0.15, 0.2) is 27.2 Å². The van der Waals surface area contributed by atoms with Crippen molar-refractivity contribution in [2.45, 2.75) is 19.4 Å². The lowest BCUT2D eigenvalue weighted by Gasteiger charge is -2.17. The lowest BCUT2D eigenvalue weighted by Crippen LogP contribution is -2.14. The maximum atomic E-state index is 10.5. The van der Waals surface area contributed by atoms with E-state index in [4.69, 9.17) is 14.6 Å². The van der Waals surface area contributed by atoms with Crippen LogP contribution in [0.5, 0.6) is 5.75 Å². The predicted molar refractivity (Wildman–Crippen MR) is 85.1 cm³/mol. The van der Waals surface area contributed by atoms with Crippen molar-refractivity contribution >= 4 is 43.9 Å². The summed E-state index contributed by atoms with van der Waals surface area (Å²) in [6.45, 7) is 2.60. The normalized spacial score (nSPS) is 12.6. The highest BCUT2D eigenvalue weighted by atomic mass is 79.9. The summed E-state index contributed by atoms with van der Waals surface area (Å²) in [5.41, 5.74) is 0.767. The number of halogens is 2. The van der Waals surface area contributed by atoms with Crippen molar-refractivity contribution < 1.29 is 19.4 Å². The van der Waals surface area contributed by atoms with E-state index in [1.165, 1.54) is 6.08 Å². The molecule has 0 radical (unpaired) electrons. The fourth-order valence-corrected chi connectivity index (χ4v) is 2.91. The Morgan fingerprint density at radius 3 is 2.50 bits per heavy atom. The van der Waals surface area contributed by atoms with Crippen LogP contribution in [0.4, 0.5) is 0 Å². The molecular formula is C14H16Br2O4. The minimum Gasteiger partial charge on any atom is -0.488 e. The first-order chi connectivity index (χ1) is 9.43. The van der Waals surface area contributed by atoms with Gasteiger partial charge in [0.15, 0.2) is 0 Å². The smallest absolute Gasteiger partial charge is 0.328 e. The number of rotatable bonds is 7. The molecule has 0 amide bonds. The molecule has 0 saturated heterocycles. The van der Waals surface area contributed by atoms with Crippen molar-refractivity contribution in [2.75, 3.05) is 13.7 Å². The summed E-state index contributed by atoms with van der Waals surface area (Å²) in [6, 6.07) is 3.62. The van der Waals surface area contributed by atoms with Crippen molar-refractivity contribution in [3.8, 4) is 5.75 Å². The summed E-state index contributed by atoms with van der Waals surface area (Å²) in [5.74, 6) is -0.285. The molecule has 0 spiro atoms. The molecule has 1 rings (SSSR count). The van der Waals surface area contributed by atoms with Gasteiger partial charge in [0.05, 0.1) is 15.0 Å². The van der Waals surface area contributed by atoms with Crippen molar-refractivity contribution in [2.24, 2.45) is 0 Å². The maximum absolute atomic E-state index is 10.5. The molecule has 0 aliphatic rings. The number of hydrogen-bond acceptors (Lipinski definition) is 3. The summed E-state index contributed by atoms with van der Waals surface area (Å²) < 4.78 is 12.4. The SMILES string of the molecule is COCCC(C)Oc1c(Br)cc(/C=C/C(=O)O)cc1Br.